The number of hydrogen-bond donors (Lipinski definition) is 1. The van der Waals surface area contributed by atoms with Crippen molar-refractivity contribution in [3.63, 3.8) is 0 Å². The molecule has 0 aliphatic heterocycles. The first kappa shape index (κ1) is 41.8. The molecule has 1 unspecified atom stereocenters. The van der Waals surface area contributed by atoms with Crippen molar-refractivity contribution in [1.82, 2.24) is 0 Å². The molecule has 0 aromatic heterocycles. The van der Waals surface area contributed by atoms with Crippen molar-refractivity contribution in [3.05, 3.63) is 48.6 Å². The molecule has 1 N–H and O–H groups in total. The van der Waals surface area contributed by atoms with E-state index in [0.717, 1.165) is 38.9 Å². The molecule has 1 atom stereocenters. The van der Waals surface area contributed by atoms with Crippen LogP contribution >= 0.6 is 0 Å². The predicted molar refractivity (Wildman–Crippen MR) is 191 cm³/mol. The van der Waals surface area contributed by atoms with Crippen molar-refractivity contribution in [2.75, 3.05) is 26.4 Å². The van der Waals surface area contributed by atoms with Crippen LogP contribution in [0.2, 0.25) is 0 Å². The predicted octanol–water partition coefficient (Wildman–Crippen LogP) is 12.4. The molecule has 0 spiro atoms. The number of rotatable bonds is 35. The highest BCUT2D eigenvalue weighted by molar-refractivity contribution is 4.93. The van der Waals surface area contributed by atoms with E-state index in [1.54, 1.807) is 0 Å². The number of unbranched alkanes of at least 4 members (excludes halogenated alkanes) is 18. The van der Waals surface area contributed by atoms with Crippen LogP contribution in [0, 0.1) is 0 Å². The van der Waals surface area contributed by atoms with Crippen LogP contribution in [-0.2, 0) is 9.47 Å². The van der Waals surface area contributed by atoms with E-state index in [-0.39, 0.29) is 12.7 Å². The summed E-state index contributed by atoms with van der Waals surface area (Å²) in [6, 6.07) is 0. The molecule has 0 aromatic carbocycles. The number of allylic oxidation sites excluding steroid dienone is 8. The van der Waals surface area contributed by atoms with Gasteiger partial charge in [-0.15, -0.1) is 0 Å². The Kier molecular flexibility index (Phi) is 37.8. The average Bonchev–Trinajstić information content (AvgIpc) is 3.01. The Labute approximate surface area is 269 Å². The SMILES string of the molecule is CCCCCC=CCC=CCCCCCCCCOCC(CCO)OCCCCCCCCC=CCC=CCCCCC. The first-order valence-electron chi connectivity index (χ1n) is 18.7. The first-order valence-corrected chi connectivity index (χ1v) is 18.7. The fourth-order valence-electron chi connectivity index (χ4n) is 5.11. The second-order valence-corrected chi connectivity index (χ2v) is 12.2. The van der Waals surface area contributed by atoms with Crippen LogP contribution in [0.1, 0.15) is 174 Å². The Morgan fingerprint density at radius 1 is 0.465 bits per heavy atom. The summed E-state index contributed by atoms with van der Waals surface area (Å²) in [5.41, 5.74) is 0. The molecule has 0 radical (unpaired) electrons. The van der Waals surface area contributed by atoms with Gasteiger partial charge in [0.2, 0.25) is 0 Å². The topological polar surface area (TPSA) is 38.7 Å². The van der Waals surface area contributed by atoms with Crippen LogP contribution in [0.15, 0.2) is 48.6 Å². The summed E-state index contributed by atoms with van der Waals surface area (Å²) in [6.45, 7) is 6.90. The van der Waals surface area contributed by atoms with Crippen LogP contribution in [0.25, 0.3) is 0 Å². The molecule has 0 saturated heterocycles. The molecule has 0 amide bonds. The minimum atomic E-state index is 0.0348. The van der Waals surface area contributed by atoms with Crippen molar-refractivity contribution < 1.29 is 14.6 Å². The lowest BCUT2D eigenvalue weighted by Gasteiger charge is -2.17. The van der Waals surface area contributed by atoms with E-state index >= 15 is 0 Å². The number of hydrogen-bond acceptors (Lipinski definition) is 3. The largest absolute Gasteiger partial charge is 0.396 e. The normalized spacial score (nSPS) is 13.1. The Morgan fingerprint density at radius 2 is 0.860 bits per heavy atom. The van der Waals surface area contributed by atoms with Gasteiger partial charge in [-0.25, -0.2) is 0 Å². The van der Waals surface area contributed by atoms with Gasteiger partial charge < -0.3 is 14.6 Å². The highest BCUT2D eigenvalue weighted by atomic mass is 16.5. The third kappa shape index (κ3) is 36.9. The van der Waals surface area contributed by atoms with Crippen LogP contribution in [0.4, 0.5) is 0 Å². The summed E-state index contributed by atoms with van der Waals surface area (Å²) < 4.78 is 11.9. The second-order valence-electron chi connectivity index (χ2n) is 12.2. The van der Waals surface area contributed by atoms with Crippen molar-refractivity contribution in [1.29, 1.82) is 0 Å². The van der Waals surface area contributed by atoms with Crippen molar-refractivity contribution in [2.24, 2.45) is 0 Å². The molecule has 0 aliphatic carbocycles. The van der Waals surface area contributed by atoms with Gasteiger partial charge in [0.05, 0.1) is 12.7 Å². The lowest BCUT2D eigenvalue weighted by atomic mass is 10.1. The lowest BCUT2D eigenvalue weighted by molar-refractivity contribution is -0.0288. The second kappa shape index (κ2) is 38.9. The third-order valence-corrected chi connectivity index (χ3v) is 7.94. The van der Waals surface area contributed by atoms with E-state index in [0.29, 0.717) is 13.0 Å². The van der Waals surface area contributed by atoms with Gasteiger partial charge >= 0.3 is 0 Å². The smallest absolute Gasteiger partial charge is 0.0830 e. The van der Waals surface area contributed by atoms with Crippen LogP contribution in [0.3, 0.4) is 0 Å². The van der Waals surface area contributed by atoms with E-state index < -0.39 is 0 Å². The van der Waals surface area contributed by atoms with Crippen molar-refractivity contribution in [3.8, 4) is 0 Å². The summed E-state index contributed by atoms with van der Waals surface area (Å²) in [5, 5.41) is 9.38. The standard InChI is InChI=1S/C40H74O3/c1-3-5-7-9-11-13-15-17-19-21-23-25-27-29-31-33-37-42-39-40(35-36-41)43-38-34-32-30-28-26-24-22-20-18-16-14-12-10-8-6-4-2/h11-14,17-20,40-41H,3-10,15-16,21-39H2,1-2H3. The molecule has 0 heterocycles. The number of ether oxygens (including phenoxy) is 2. The zero-order valence-corrected chi connectivity index (χ0v) is 29.0. The van der Waals surface area contributed by atoms with Gasteiger partial charge in [0.1, 0.15) is 0 Å². The van der Waals surface area contributed by atoms with Gasteiger partial charge in [-0.3, -0.25) is 0 Å². The van der Waals surface area contributed by atoms with E-state index in [4.69, 9.17) is 9.47 Å². The van der Waals surface area contributed by atoms with Crippen molar-refractivity contribution in [2.45, 2.75) is 180 Å². The summed E-state index contributed by atoms with van der Waals surface area (Å²) in [6.07, 6.45) is 49.6. The molecule has 0 saturated carbocycles. The van der Waals surface area contributed by atoms with Gasteiger partial charge in [0.25, 0.3) is 0 Å². The molecule has 0 fully saturated rings. The highest BCUT2D eigenvalue weighted by Gasteiger charge is 2.08. The molecule has 0 bridgehead atoms. The number of aliphatic hydroxyl groups is 1. The maximum atomic E-state index is 9.38. The zero-order chi connectivity index (χ0) is 31.2. The highest BCUT2D eigenvalue weighted by Crippen LogP contribution is 2.11. The molecule has 0 rings (SSSR count). The van der Waals surface area contributed by atoms with E-state index in [1.165, 1.54) is 128 Å². The van der Waals surface area contributed by atoms with Crippen molar-refractivity contribution >= 4 is 0 Å². The van der Waals surface area contributed by atoms with Gasteiger partial charge in [0.15, 0.2) is 0 Å². The average molecular weight is 603 g/mol. The molecule has 3 nitrogen and oxygen atoms in total. The van der Waals surface area contributed by atoms with Crippen LogP contribution < -0.4 is 0 Å². The molecule has 0 aliphatic rings. The lowest BCUT2D eigenvalue weighted by Crippen LogP contribution is -2.22. The Balaban J connectivity index is 3.48. The summed E-state index contributed by atoms with van der Waals surface area (Å²) >= 11 is 0. The van der Waals surface area contributed by atoms with Gasteiger partial charge in [0, 0.05) is 19.8 Å². The summed E-state index contributed by atoms with van der Waals surface area (Å²) in [5.74, 6) is 0. The molecule has 252 valence electrons. The maximum Gasteiger partial charge on any atom is 0.0830 e. The first-order chi connectivity index (χ1) is 21.3. The molecular formula is C40H74O3. The van der Waals surface area contributed by atoms with E-state index in [1.807, 2.05) is 0 Å². The monoisotopic (exact) mass is 603 g/mol. The fraction of sp³-hybridized carbons (Fsp3) is 0.800. The quantitative estimate of drug-likeness (QED) is 0.0579. The Hall–Kier alpha value is -1.16. The van der Waals surface area contributed by atoms with Gasteiger partial charge in [-0.05, 0) is 83.5 Å². The third-order valence-electron chi connectivity index (χ3n) is 7.94. The summed E-state index contributed by atoms with van der Waals surface area (Å²) in [7, 11) is 0. The fourth-order valence-corrected chi connectivity index (χ4v) is 5.11. The number of aliphatic hydroxyl groups excluding tert-OH is 1. The Bertz CT molecular complexity index is 621. The minimum Gasteiger partial charge on any atom is -0.396 e. The zero-order valence-electron chi connectivity index (χ0n) is 29.0. The molecular weight excluding hydrogens is 528 g/mol. The molecule has 0 aromatic rings. The molecule has 3 heteroatoms. The summed E-state index contributed by atoms with van der Waals surface area (Å²) in [4.78, 5) is 0. The maximum absolute atomic E-state index is 9.38. The van der Waals surface area contributed by atoms with Gasteiger partial charge in [-0.2, -0.15) is 0 Å². The van der Waals surface area contributed by atoms with E-state index in [9.17, 15) is 5.11 Å². The van der Waals surface area contributed by atoms with Crippen LogP contribution in [-0.4, -0.2) is 37.6 Å². The minimum absolute atomic E-state index is 0.0348. The molecule has 43 heavy (non-hydrogen) atoms. The Morgan fingerprint density at radius 3 is 1.30 bits per heavy atom. The van der Waals surface area contributed by atoms with Gasteiger partial charge in [-0.1, -0.05) is 140 Å². The van der Waals surface area contributed by atoms with Crippen LogP contribution in [0.5, 0.6) is 0 Å². The van der Waals surface area contributed by atoms with E-state index in [2.05, 4.69) is 62.5 Å².